The Bertz CT molecular complexity index is 1250. The van der Waals surface area contributed by atoms with E-state index in [4.69, 9.17) is 4.43 Å². The summed E-state index contributed by atoms with van der Waals surface area (Å²) in [6.07, 6.45) is 11.3. The van der Waals surface area contributed by atoms with Gasteiger partial charge < -0.3 is 4.43 Å². The van der Waals surface area contributed by atoms with Gasteiger partial charge in [-0.05, 0) is 47.7 Å². The van der Waals surface area contributed by atoms with Crippen LogP contribution in [-0.2, 0) is 23.9 Å². The summed E-state index contributed by atoms with van der Waals surface area (Å²) in [6, 6.07) is 32.3. The van der Waals surface area contributed by atoms with Crippen molar-refractivity contribution in [3.05, 3.63) is 138 Å². The molecular formula is C35H45N2OSi+. The van der Waals surface area contributed by atoms with Crippen molar-refractivity contribution in [2.75, 3.05) is 6.61 Å². The van der Waals surface area contributed by atoms with E-state index >= 15 is 0 Å². The Labute approximate surface area is 236 Å². The quantitative estimate of drug-likeness (QED) is 0.101. The zero-order chi connectivity index (χ0) is 27.7. The fourth-order valence-corrected chi connectivity index (χ4v) is 5.65. The molecule has 3 nitrogen and oxygen atoms in total. The second-order valence-corrected chi connectivity index (χ2v) is 16.8. The van der Waals surface area contributed by atoms with Gasteiger partial charge in [0, 0.05) is 0 Å². The Kier molecular flexibility index (Phi) is 9.77. The summed E-state index contributed by atoms with van der Waals surface area (Å²) < 4.78 is 11.7. The van der Waals surface area contributed by atoms with Crippen LogP contribution in [0.2, 0.25) is 18.1 Å². The van der Waals surface area contributed by atoms with Gasteiger partial charge in [0.15, 0.2) is 8.32 Å². The van der Waals surface area contributed by atoms with E-state index in [2.05, 4.69) is 159 Å². The standard InChI is InChI=1S/C35H45N2OSi/c1-35(2,3)39(4,5)38-29-33(24-16-15-19-30-17-9-6-10-18-30)34-36(27-31-20-11-7-12-21-31)25-26-37(34)28-32-22-13-8-14-23-32/h6-14,16-18,20-26,33H,15,19,27-29H2,1-5H3/q+1/b24-16+/t33-/m0/s1. The molecule has 0 radical (unpaired) electrons. The molecule has 39 heavy (non-hydrogen) atoms. The van der Waals surface area contributed by atoms with Crippen molar-refractivity contribution < 1.29 is 8.99 Å². The number of hydrogen-bond acceptors (Lipinski definition) is 1. The van der Waals surface area contributed by atoms with Crippen molar-refractivity contribution in [2.45, 2.75) is 70.8 Å². The number of allylic oxidation sites excluding steroid dienone is 1. The maximum Gasteiger partial charge on any atom is 0.266 e. The van der Waals surface area contributed by atoms with Crippen LogP contribution < -0.4 is 4.57 Å². The molecule has 4 aromatic rings. The fraction of sp³-hybridized carbons (Fsp3) is 0.343. The number of aryl methyl sites for hydroxylation is 1. The first-order valence-corrected chi connectivity index (χ1v) is 17.1. The third-order valence-electron chi connectivity index (χ3n) is 7.98. The van der Waals surface area contributed by atoms with Crippen LogP contribution in [0.5, 0.6) is 0 Å². The lowest BCUT2D eigenvalue weighted by Crippen LogP contribution is -2.44. The van der Waals surface area contributed by atoms with Crippen LogP contribution in [0.1, 0.15) is 55.6 Å². The molecule has 1 atom stereocenters. The maximum absolute atomic E-state index is 6.87. The normalized spacial score (nSPS) is 13.2. The van der Waals surface area contributed by atoms with Crippen LogP contribution in [0.3, 0.4) is 0 Å². The number of benzene rings is 3. The minimum Gasteiger partial charge on any atom is -0.416 e. The molecule has 4 heteroatoms. The van der Waals surface area contributed by atoms with Crippen molar-refractivity contribution >= 4 is 8.32 Å². The number of hydrogen-bond donors (Lipinski definition) is 0. The van der Waals surface area contributed by atoms with Crippen molar-refractivity contribution in [1.29, 1.82) is 0 Å². The molecule has 0 amide bonds. The molecule has 4 rings (SSSR count). The Hall–Kier alpha value is -3.21. The van der Waals surface area contributed by atoms with Gasteiger partial charge in [0.1, 0.15) is 31.4 Å². The lowest BCUT2D eigenvalue weighted by molar-refractivity contribution is -0.696. The van der Waals surface area contributed by atoms with E-state index in [1.165, 1.54) is 22.5 Å². The third-order valence-corrected chi connectivity index (χ3v) is 12.5. The maximum atomic E-state index is 6.87. The van der Waals surface area contributed by atoms with Crippen LogP contribution >= 0.6 is 0 Å². The van der Waals surface area contributed by atoms with Gasteiger partial charge in [-0.25, -0.2) is 9.13 Å². The topological polar surface area (TPSA) is 18.0 Å². The van der Waals surface area contributed by atoms with Crippen LogP contribution in [-0.4, -0.2) is 19.5 Å². The van der Waals surface area contributed by atoms with Gasteiger partial charge in [-0.2, -0.15) is 0 Å². The van der Waals surface area contributed by atoms with Crippen LogP contribution in [0, 0.1) is 0 Å². The molecule has 0 aliphatic carbocycles. The van der Waals surface area contributed by atoms with E-state index in [0.29, 0.717) is 6.61 Å². The summed E-state index contributed by atoms with van der Waals surface area (Å²) in [5, 5.41) is 0.167. The molecule has 0 aliphatic rings. The van der Waals surface area contributed by atoms with E-state index in [-0.39, 0.29) is 11.0 Å². The zero-order valence-electron chi connectivity index (χ0n) is 24.4. The smallest absolute Gasteiger partial charge is 0.266 e. The van der Waals surface area contributed by atoms with Gasteiger partial charge in [-0.3, -0.25) is 0 Å². The minimum atomic E-state index is -1.92. The monoisotopic (exact) mass is 537 g/mol. The highest BCUT2D eigenvalue weighted by Crippen LogP contribution is 2.37. The molecule has 0 spiro atoms. The number of aromatic nitrogens is 2. The predicted molar refractivity (Wildman–Crippen MR) is 166 cm³/mol. The highest BCUT2D eigenvalue weighted by atomic mass is 28.4. The first-order chi connectivity index (χ1) is 18.7. The van der Waals surface area contributed by atoms with Crippen molar-refractivity contribution in [3.63, 3.8) is 0 Å². The molecule has 0 saturated carbocycles. The van der Waals surface area contributed by atoms with Gasteiger partial charge in [-0.15, -0.1) is 0 Å². The molecule has 1 heterocycles. The lowest BCUT2D eigenvalue weighted by atomic mass is 10.1. The van der Waals surface area contributed by atoms with Crippen molar-refractivity contribution in [2.24, 2.45) is 0 Å². The van der Waals surface area contributed by atoms with Crippen molar-refractivity contribution in [3.8, 4) is 0 Å². The Balaban J connectivity index is 1.67. The van der Waals surface area contributed by atoms with Gasteiger partial charge in [0.25, 0.3) is 5.82 Å². The summed E-state index contributed by atoms with van der Waals surface area (Å²) >= 11 is 0. The molecule has 1 aromatic heterocycles. The van der Waals surface area contributed by atoms with E-state index in [1.807, 2.05) is 0 Å². The van der Waals surface area contributed by atoms with Gasteiger partial charge in [0.05, 0.1) is 6.61 Å². The summed E-state index contributed by atoms with van der Waals surface area (Å²) in [4.78, 5) is 0. The highest BCUT2D eigenvalue weighted by molar-refractivity contribution is 6.74. The molecule has 0 saturated heterocycles. The van der Waals surface area contributed by atoms with E-state index in [9.17, 15) is 0 Å². The molecule has 204 valence electrons. The molecule has 0 bridgehead atoms. The van der Waals surface area contributed by atoms with E-state index in [1.54, 1.807) is 0 Å². The average Bonchev–Trinajstić information content (AvgIpc) is 3.30. The molecule has 3 aromatic carbocycles. The van der Waals surface area contributed by atoms with Crippen LogP contribution in [0.4, 0.5) is 0 Å². The van der Waals surface area contributed by atoms with Crippen molar-refractivity contribution in [1.82, 2.24) is 4.57 Å². The highest BCUT2D eigenvalue weighted by Gasteiger charge is 2.38. The van der Waals surface area contributed by atoms with Crippen LogP contribution in [0.25, 0.3) is 0 Å². The largest absolute Gasteiger partial charge is 0.416 e. The number of imidazole rings is 1. The van der Waals surface area contributed by atoms with Gasteiger partial charge in [-0.1, -0.05) is 124 Å². The second-order valence-electron chi connectivity index (χ2n) is 12.0. The minimum absolute atomic E-state index is 0.150. The molecular weight excluding hydrogens is 492 g/mol. The van der Waals surface area contributed by atoms with E-state index in [0.717, 1.165) is 25.9 Å². The predicted octanol–water partition coefficient (Wildman–Crippen LogP) is 8.17. The zero-order valence-corrected chi connectivity index (χ0v) is 25.4. The Morgan fingerprint density at radius 3 is 1.97 bits per heavy atom. The Morgan fingerprint density at radius 1 is 0.821 bits per heavy atom. The first kappa shape index (κ1) is 28.8. The molecule has 0 fully saturated rings. The molecule has 0 unspecified atom stereocenters. The first-order valence-electron chi connectivity index (χ1n) is 14.2. The summed E-state index contributed by atoms with van der Waals surface area (Å²) in [7, 11) is -1.92. The number of nitrogens with zero attached hydrogens (tertiary/aromatic N) is 2. The Morgan fingerprint density at radius 2 is 1.38 bits per heavy atom. The second kappa shape index (κ2) is 13.2. The third kappa shape index (κ3) is 8.14. The number of rotatable bonds is 12. The molecule has 0 N–H and O–H groups in total. The van der Waals surface area contributed by atoms with Gasteiger partial charge in [0.2, 0.25) is 0 Å². The van der Waals surface area contributed by atoms with E-state index < -0.39 is 8.32 Å². The SMILES string of the molecule is CC(C)(C)[Si](C)(C)OC[C@H](/C=C/CCc1ccccc1)c1n(Cc2ccccc2)cc[n+]1Cc1ccccc1. The fourth-order valence-electron chi connectivity index (χ4n) is 4.62. The summed E-state index contributed by atoms with van der Waals surface area (Å²) in [5.41, 5.74) is 3.99. The molecule has 0 aliphatic heterocycles. The van der Waals surface area contributed by atoms with Gasteiger partial charge >= 0.3 is 0 Å². The summed E-state index contributed by atoms with van der Waals surface area (Å²) in [6.45, 7) is 14.0. The average molecular weight is 538 g/mol. The van der Waals surface area contributed by atoms with Crippen LogP contribution in [0.15, 0.2) is 116 Å². The summed E-state index contributed by atoms with van der Waals surface area (Å²) in [5.74, 6) is 1.44. The lowest BCUT2D eigenvalue weighted by Gasteiger charge is -2.36.